The van der Waals surface area contributed by atoms with Crippen molar-refractivity contribution in [1.29, 1.82) is 5.26 Å². The van der Waals surface area contributed by atoms with Gasteiger partial charge in [0.05, 0.1) is 15.8 Å². The number of anilines is 1. The van der Waals surface area contributed by atoms with Crippen molar-refractivity contribution in [2.24, 2.45) is 0 Å². The van der Waals surface area contributed by atoms with Crippen LogP contribution in [-0.4, -0.2) is 22.0 Å². The van der Waals surface area contributed by atoms with Crippen molar-refractivity contribution in [3.8, 4) is 6.07 Å². The Morgan fingerprint density at radius 1 is 1.23 bits per heavy atom. The van der Waals surface area contributed by atoms with Gasteiger partial charge in [-0.05, 0) is 56.4 Å². The third kappa shape index (κ3) is 4.62. The zero-order valence-electron chi connectivity index (χ0n) is 16.3. The minimum atomic E-state index is -4.54. The lowest BCUT2D eigenvalue weighted by Crippen LogP contribution is -2.38. The van der Waals surface area contributed by atoms with Gasteiger partial charge < -0.3 is 15.0 Å². The first-order valence-electron chi connectivity index (χ1n) is 9.00. The van der Waals surface area contributed by atoms with Crippen LogP contribution in [0.1, 0.15) is 25.0 Å². The van der Waals surface area contributed by atoms with E-state index in [0.29, 0.717) is 9.64 Å². The molecule has 0 spiro atoms. The van der Waals surface area contributed by atoms with Crippen LogP contribution < -0.4 is 4.90 Å². The summed E-state index contributed by atoms with van der Waals surface area (Å²) in [6, 6.07) is 10.1. The molecule has 0 fully saturated rings. The molecule has 0 saturated carbocycles. The Labute approximate surface area is 184 Å². The van der Waals surface area contributed by atoms with E-state index in [1.165, 1.54) is 16.2 Å². The maximum Gasteiger partial charge on any atom is 0.416 e. The van der Waals surface area contributed by atoms with Gasteiger partial charge in [0.1, 0.15) is 11.8 Å². The Bertz CT molecular complexity index is 1270. The molecule has 1 amide bonds. The van der Waals surface area contributed by atoms with Crippen LogP contribution in [0.2, 0.25) is 0 Å². The highest BCUT2D eigenvalue weighted by molar-refractivity contribution is 7.73. The van der Waals surface area contributed by atoms with Crippen molar-refractivity contribution in [3.63, 3.8) is 0 Å². The van der Waals surface area contributed by atoms with E-state index in [0.717, 1.165) is 34.5 Å². The van der Waals surface area contributed by atoms with Crippen LogP contribution in [0.5, 0.6) is 0 Å². The highest BCUT2D eigenvalue weighted by Gasteiger charge is 2.31. The van der Waals surface area contributed by atoms with Crippen LogP contribution in [0.25, 0.3) is 16.0 Å². The summed E-state index contributed by atoms with van der Waals surface area (Å²) in [4.78, 5) is 17.5. The molecule has 2 N–H and O–H groups in total. The summed E-state index contributed by atoms with van der Waals surface area (Å²) < 4.78 is 39.7. The molecule has 0 unspecified atom stereocenters. The molecule has 0 aliphatic heterocycles. The molecule has 31 heavy (non-hydrogen) atoms. The zero-order valence-corrected chi connectivity index (χ0v) is 18.0. The minimum Gasteiger partial charge on any atom is -0.506 e. The molecule has 3 aromatic rings. The number of amides is 1. The number of fused-ring (bicyclic) bond motifs is 1. The first kappa shape index (κ1) is 22.5. The van der Waals surface area contributed by atoms with Crippen LogP contribution in [0.4, 0.5) is 18.9 Å². The van der Waals surface area contributed by atoms with Crippen molar-refractivity contribution in [3.05, 3.63) is 63.1 Å². The largest absolute Gasteiger partial charge is 0.506 e. The molecule has 160 valence electrons. The predicted octanol–water partition coefficient (Wildman–Crippen LogP) is 6.21. The molecule has 2 aromatic carbocycles. The van der Waals surface area contributed by atoms with Crippen LogP contribution in [0.15, 0.2) is 48.0 Å². The molecule has 0 aliphatic rings. The summed E-state index contributed by atoms with van der Waals surface area (Å²) in [5.74, 6) is -1.46. The minimum absolute atomic E-state index is 0.0688. The van der Waals surface area contributed by atoms with Crippen LogP contribution in [0, 0.1) is 15.3 Å². The van der Waals surface area contributed by atoms with Gasteiger partial charge >= 0.3 is 6.18 Å². The second kappa shape index (κ2) is 8.53. The van der Waals surface area contributed by atoms with Crippen molar-refractivity contribution in [2.75, 3.05) is 4.90 Å². The number of nitrogens with zero attached hydrogens (tertiary/aromatic N) is 2. The van der Waals surface area contributed by atoms with Gasteiger partial charge in [-0.25, -0.2) is 0 Å². The summed E-state index contributed by atoms with van der Waals surface area (Å²) in [5.41, 5.74) is -0.250. The van der Waals surface area contributed by atoms with Crippen molar-refractivity contribution < 1.29 is 23.1 Å². The first-order chi connectivity index (χ1) is 14.5. The summed E-state index contributed by atoms with van der Waals surface area (Å²) >= 11 is 6.46. The third-order valence-corrected chi connectivity index (χ3v) is 5.66. The number of thiazole rings is 1. The molecule has 0 saturated heterocycles. The normalized spacial score (nSPS) is 12.5. The van der Waals surface area contributed by atoms with Gasteiger partial charge in [0.2, 0.25) is 0 Å². The fourth-order valence-electron chi connectivity index (χ4n) is 3.02. The smallest absolute Gasteiger partial charge is 0.416 e. The Morgan fingerprint density at radius 2 is 1.87 bits per heavy atom. The van der Waals surface area contributed by atoms with Gasteiger partial charge in [-0.15, -0.1) is 11.3 Å². The topological polar surface area (TPSA) is 80.1 Å². The van der Waals surface area contributed by atoms with Gasteiger partial charge in [-0.1, -0.05) is 12.1 Å². The molecule has 3 rings (SSSR count). The molecule has 1 heterocycles. The van der Waals surface area contributed by atoms with Gasteiger partial charge in [0, 0.05) is 17.3 Å². The lowest BCUT2D eigenvalue weighted by atomic mass is 10.0. The number of hydrogen-bond donors (Lipinski definition) is 2. The van der Waals surface area contributed by atoms with Gasteiger partial charge in [-0.3, -0.25) is 4.79 Å². The number of aromatic amines is 1. The molecular weight excluding hydrogens is 447 g/mol. The summed E-state index contributed by atoms with van der Waals surface area (Å²) in [6.07, 6.45) is -4.54. The second-order valence-corrected chi connectivity index (χ2v) is 8.59. The predicted molar refractivity (Wildman–Crippen MR) is 116 cm³/mol. The van der Waals surface area contributed by atoms with Gasteiger partial charge in [0.25, 0.3) is 5.91 Å². The summed E-state index contributed by atoms with van der Waals surface area (Å²) in [7, 11) is 0. The number of nitriles is 1. The average molecular weight is 464 g/mol. The lowest BCUT2D eigenvalue weighted by molar-refractivity contribution is -0.137. The molecule has 0 atom stereocenters. The SMILES string of the molecule is CC(C)N(C(=O)C(C#N)=C(O)c1ccc(C(F)(F)F)cc1)c1ccc2[nH]c(=S)sc2c1. The Morgan fingerprint density at radius 3 is 2.42 bits per heavy atom. The van der Waals surface area contributed by atoms with E-state index in [1.54, 1.807) is 38.1 Å². The van der Waals surface area contributed by atoms with E-state index >= 15 is 0 Å². The van der Waals surface area contributed by atoms with Gasteiger partial charge in [0.15, 0.2) is 9.53 Å². The van der Waals surface area contributed by atoms with Crippen molar-refractivity contribution in [1.82, 2.24) is 4.98 Å². The number of alkyl halides is 3. The van der Waals surface area contributed by atoms with E-state index in [9.17, 15) is 28.3 Å². The number of benzene rings is 2. The van der Waals surface area contributed by atoms with Crippen molar-refractivity contribution in [2.45, 2.75) is 26.1 Å². The quantitative estimate of drug-likeness (QED) is 0.209. The molecular formula is C21H16F3N3O2S2. The van der Waals surface area contributed by atoms with E-state index in [1.807, 2.05) is 0 Å². The van der Waals surface area contributed by atoms with Crippen LogP contribution in [-0.2, 0) is 11.0 Å². The average Bonchev–Trinajstić information content (AvgIpc) is 3.07. The van der Waals surface area contributed by atoms with Crippen LogP contribution >= 0.6 is 23.6 Å². The molecule has 0 aliphatic carbocycles. The highest BCUT2D eigenvalue weighted by atomic mass is 32.1. The number of aromatic nitrogens is 1. The molecule has 1 aromatic heterocycles. The van der Waals surface area contributed by atoms with E-state index in [4.69, 9.17) is 12.2 Å². The maximum absolute atomic E-state index is 13.2. The Hall–Kier alpha value is -3.16. The van der Waals surface area contributed by atoms with E-state index in [2.05, 4.69) is 4.98 Å². The molecule has 10 heteroatoms. The van der Waals surface area contributed by atoms with Crippen LogP contribution in [0.3, 0.4) is 0 Å². The fraction of sp³-hybridized carbons (Fsp3) is 0.190. The number of carbonyl (C=O) groups excluding carboxylic acids is 1. The Balaban J connectivity index is 2.04. The number of aliphatic hydroxyl groups is 1. The number of H-pyrrole nitrogens is 1. The third-order valence-electron chi connectivity index (χ3n) is 4.47. The standard InChI is InChI=1S/C21H16F3N3O2S2/c1-11(2)27(14-7-8-16-17(9-14)31-20(30)26-16)19(29)15(10-25)18(28)12-3-5-13(6-4-12)21(22,23)24/h3-9,11,28H,1-2H3,(H,26,30). The molecule has 0 bridgehead atoms. The van der Waals surface area contributed by atoms with E-state index < -0.39 is 29.0 Å². The Kier molecular flexibility index (Phi) is 6.20. The fourth-order valence-corrected chi connectivity index (χ4v) is 4.17. The highest BCUT2D eigenvalue weighted by Crippen LogP contribution is 2.31. The number of rotatable bonds is 4. The zero-order chi connectivity index (χ0) is 22.9. The number of aliphatic hydroxyl groups excluding tert-OH is 1. The number of halogens is 3. The van der Waals surface area contributed by atoms with Gasteiger partial charge in [-0.2, -0.15) is 18.4 Å². The number of carbonyl (C=O) groups is 1. The maximum atomic E-state index is 13.2. The first-order valence-corrected chi connectivity index (χ1v) is 10.2. The molecule has 0 radical (unpaired) electrons. The van der Waals surface area contributed by atoms with E-state index in [-0.39, 0.29) is 11.6 Å². The van der Waals surface area contributed by atoms with Crippen molar-refractivity contribution >= 4 is 51.1 Å². The number of hydrogen-bond acceptors (Lipinski definition) is 5. The number of nitrogens with one attached hydrogen (secondary N) is 1. The summed E-state index contributed by atoms with van der Waals surface area (Å²) in [6.45, 7) is 3.48. The summed E-state index contributed by atoms with van der Waals surface area (Å²) in [5, 5.41) is 20.1. The molecule has 5 nitrogen and oxygen atoms in total. The lowest BCUT2D eigenvalue weighted by Gasteiger charge is -2.27. The monoisotopic (exact) mass is 463 g/mol. The second-order valence-electron chi connectivity index (χ2n) is 6.87.